The number of benzene rings is 2. The Morgan fingerprint density at radius 2 is 1.87 bits per heavy atom. The minimum absolute atomic E-state index is 0.277. The van der Waals surface area contributed by atoms with Crippen molar-refractivity contribution in [1.82, 2.24) is 24.3 Å². The Balaban J connectivity index is 1.53. The van der Waals surface area contributed by atoms with Crippen molar-refractivity contribution in [2.45, 2.75) is 25.2 Å². The predicted octanol–water partition coefficient (Wildman–Crippen LogP) is 2.82. The van der Waals surface area contributed by atoms with Gasteiger partial charge < -0.3 is 15.2 Å². The van der Waals surface area contributed by atoms with Gasteiger partial charge in [0.15, 0.2) is 11.6 Å². The van der Waals surface area contributed by atoms with Crippen LogP contribution in [0.4, 0.5) is 19.1 Å². The zero-order valence-corrected chi connectivity index (χ0v) is 16.5. The molecule has 7 nitrogen and oxygen atoms in total. The van der Waals surface area contributed by atoms with E-state index in [1.54, 1.807) is 11.0 Å². The number of fused-ring (bicyclic) bond motifs is 1. The van der Waals surface area contributed by atoms with E-state index in [2.05, 4.69) is 15.1 Å². The molecule has 4 aromatic rings. The van der Waals surface area contributed by atoms with Crippen molar-refractivity contribution >= 4 is 17.0 Å². The van der Waals surface area contributed by atoms with Crippen LogP contribution in [0.5, 0.6) is 0 Å². The second-order valence-corrected chi connectivity index (χ2v) is 7.67. The summed E-state index contributed by atoms with van der Waals surface area (Å²) in [6.07, 6.45) is 2.26. The van der Waals surface area contributed by atoms with Crippen LogP contribution in [0.25, 0.3) is 16.7 Å². The molecule has 2 atom stereocenters. The van der Waals surface area contributed by atoms with Gasteiger partial charge in [-0.1, -0.05) is 12.1 Å². The van der Waals surface area contributed by atoms with Gasteiger partial charge in [0.05, 0.1) is 29.3 Å². The fourth-order valence-corrected chi connectivity index (χ4v) is 3.92. The molecule has 2 aromatic carbocycles. The van der Waals surface area contributed by atoms with E-state index in [-0.39, 0.29) is 13.0 Å². The van der Waals surface area contributed by atoms with E-state index in [1.165, 1.54) is 6.33 Å². The molecule has 0 spiro atoms. The number of rotatable bonds is 4. The maximum atomic E-state index is 14.0. The Labute approximate surface area is 175 Å². The highest BCUT2D eigenvalue weighted by molar-refractivity contribution is 5.79. The average molecular weight is 427 g/mol. The number of nitrogens with zero attached hydrogens (tertiary/aromatic N) is 6. The highest BCUT2D eigenvalue weighted by Crippen LogP contribution is 2.28. The summed E-state index contributed by atoms with van der Waals surface area (Å²) in [5.74, 6) is -1.39. The number of piperidine rings is 1. The van der Waals surface area contributed by atoms with Crippen molar-refractivity contribution in [2.75, 3.05) is 18.0 Å². The van der Waals surface area contributed by atoms with Gasteiger partial charge in [-0.25, -0.2) is 27.8 Å². The largest absolute Gasteiger partial charge is 0.340 e. The third-order valence-corrected chi connectivity index (χ3v) is 5.58. The molecule has 1 fully saturated rings. The fourth-order valence-electron chi connectivity index (χ4n) is 3.92. The van der Waals surface area contributed by atoms with Gasteiger partial charge in [-0.05, 0) is 24.1 Å². The van der Waals surface area contributed by atoms with Gasteiger partial charge in [0.25, 0.3) is 0 Å². The van der Waals surface area contributed by atoms with Gasteiger partial charge in [-0.3, -0.25) is 0 Å². The van der Waals surface area contributed by atoms with Gasteiger partial charge in [-0.2, -0.15) is 5.10 Å². The van der Waals surface area contributed by atoms with Crippen LogP contribution < -0.4 is 10.6 Å². The molecule has 10 heteroatoms. The molecule has 0 amide bonds. The van der Waals surface area contributed by atoms with Gasteiger partial charge in [-0.15, -0.1) is 0 Å². The van der Waals surface area contributed by atoms with E-state index in [0.717, 1.165) is 23.4 Å². The summed E-state index contributed by atoms with van der Waals surface area (Å²) in [6, 6.07) is 9.23. The summed E-state index contributed by atoms with van der Waals surface area (Å²) in [5.41, 5.74) is 8.51. The summed E-state index contributed by atoms with van der Waals surface area (Å²) >= 11 is 0. The summed E-state index contributed by atoms with van der Waals surface area (Å²) in [7, 11) is 0. The Bertz CT molecular complexity index is 1200. The smallest absolute Gasteiger partial charge is 0.206 e. The Morgan fingerprint density at radius 3 is 2.58 bits per heavy atom. The Kier molecular flexibility index (Phi) is 4.85. The zero-order valence-electron chi connectivity index (χ0n) is 16.5. The van der Waals surface area contributed by atoms with Crippen LogP contribution in [-0.2, 0) is 6.54 Å². The van der Waals surface area contributed by atoms with E-state index < -0.39 is 23.8 Å². The number of hydrogen-bond donors (Lipinski definition) is 1. The van der Waals surface area contributed by atoms with Gasteiger partial charge >= 0.3 is 0 Å². The lowest BCUT2D eigenvalue weighted by atomic mass is 10.1. The Hall–Kier alpha value is -3.40. The van der Waals surface area contributed by atoms with E-state index in [9.17, 15) is 13.2 Å². The van der Waals surface area contributed by atoms with Crippen LogP contribution in [0.3, 0.4) is 0 Å². The molecule has 1 aliphatic heterocycles. The number of aromatic nitrogens is 5. The number of anilines is 1. The molecular formula is C21H20F3N7. The molecule has 31 heavy (non-hydrogen) atoms. The third kappa shape index (κ3) is 3.63. The van der Waals surface area contributed by atoms with Crippen LogP contribution in [0.1, 0.15) is 12.0 Å². The molecule has 0 aliphatic carbocycles. The summed E-state index contributed by atoms with van der Waals surface area (Å²) in [6.45, 7) is 1.08. The van der Waals surface area contributed by atoms with Crippen molar-refractivity contribution in [3.05, 3.63) is 66.3 Å². The summed E-state index contributed by atoms with van der Waals surface area (Å²) in [5, 5.41) is 4.10. The number of imidazole rings is 1. The van der Waals surface area contributed by atoms with Gasteiger partial charge in [0, 0.05) is 25.2 Å². The predicted molar refractivity (Wildman–Crippen MR) is 110 cm³/mol. The molecule has 0 bridgehead atoms. The average Bonchev–Trinajstić information content (AvgIpc) is 3.41. The van der Waals surface area contributed by atoms with Crippen LogP contribution >= 0.6 is 0 Å². The minimum Gasteiger partial charge on any atom is -0.340 e. The first-order valence-corrected chi connectivity index (χ1v) is 9.93. The van der Waals surface area contributed by atoms with Crippen LogP contribution in [0, 0.1) is 11.6 Å². The molecule has 1 saturated heterocycles. The molecule has 2 aromatic heterocycles. The number of alkyl halides is 1. The number of halogens is 3. The highest BCUT2D eigenvalue weighted by Gasteiger charge is 2.29. The first-order valence-electron chi connectivity index (χ1n) is 9.93. The zero-order chi connectivity index (χ0) is 21.5. The van der Waals surface area contributed by atoms with Crippen LogP contribution in [0.2, 0.25) is 0 Å². The van der Waals surface area contributed by atoms with E-state index >= 15 is 0 Å². The minimum atomic E-state index is -1.08. The molecule has 0 saturated carbocycles. The van der Waals surface area contributed by atoms with E-state index in [0.29, 0.717) is 30.1 Å². The highest BCUT2D eigenvalue weighted by atomic mass is 19.2. The SMILES string of the molecule is N[C@@H]1CN(c2nc3cc(F)c(F)cc3n2Cc2ccc(-n3cncn3)cc2)CC[C@H]1F. The maximum Gasteiger partial charge on any atom is 0.206 e. The first kappa shape index (κ1) is 19.6. The molecule has 5 rings (SSSR count). The van der Waals surface area contributed by atoms with Crippen LogP contribution in [0.15, 0.2) is 49.1 Å². The second kappa shape index (κ2) is 7.69. The monoisotopic (exact) mass is 427 g/mol. The molecule has 0 unspecified atom stereocenters. The second-order valence-electron chi connectivity index (χ2n) is 7.67. The summed E-state index contributed by atoms with van der Waals surface area (Å²) < 4.78 is 45.2. The lowest BCUT2D eigenvalue weighted by Gasteiger charge is -2.34. The lowest BCUT2D eigenvalue weighted by molar-refractivity contribution is 0.243. The molecule has 160 valence electrons. The number of nitrogens with two attached hydrogens (primary N) is 1. The Morgan fingerprint density at radius 1 is 1.10 bits per heavy atom. The number of hydrogen-bond acceptors (Lipinski definition) is 5. The molecule has 3 heterocycles. The van der Waals surface area contributed by atoms with Crippen molar-refractivity contribution < 1.29 is 13.2 Å². The standard InChI is InChI=1S/C21H20F3N7/c22-15-5-6-29(10-18(15)25)21-28-19-7-16(23)17(24)8-20(19)30(21)9-13-1-3-14(4-2-13)31-12-26-11-27-31/h1-4,7-8,11-12,15,18H,5-6,9-10,25H2/t15-,18-/m1/s1. The van der Waals surface area contributed by atoms with Crippen molar-refractivity contribution in [3.8, 4) is 5.69 Å². The lowest BCUT2D eigenvalue weighted by Crippen LogP contribution is -2.50. The van der Waals surface area contributed by atoms with Crippen LogP contribution in [-0.4, -0.2) is 49.6 Å². The molecule has 0 radical (unpaired) electrons. The maximum absolute atomic E-state index is 14.0. The molecule has 1 aliphatic rings. The topological polar surface area (TPSA) is 77.8 Å². The van der Waals surface area contributed by atoms with Gasteiger partial charge in [0.2, 0.25) is 5.95 Å². The van der Waals surface area contributed by atoms with E-state index in [1.807, 2.05) is 33.7 Å². The molecule has 2 N–H and O–H groups in total. The van der Waals surface area contributed by atoms with Crippen molar-refractivity contribution in [3.63, 3.8) is 0 Å². The summed E-state index contributed by atoms with van der Waals surface area (Å²) in [4.78, 5) is 10.3. The third-order valence-electron chi connectivity index (χ3n) is 5.58. The quantitative estimate of drug-likeness (QED) is 0.542. The van der Waals surface area contributed by atoms with Crippen molar-refractivity contribution in [2.24, 2.45) is 5.73 Å². The van der Waals surface area contributed by atoms with Gasteiger partial charge in [0.1, 0.15) is 18.8 Å². The van der Waals surface area contributed by atoms with E-state index in [4.69, 9.17) is 5.73 Å². The fraction of sp³-hybridized carbons (Fsp3) is 0.286. The first-order chi connectivity index (χ1) is 15.0. The molecular weight excluding hydrogens is 407 g/mol. The van der Waals surface area contributed by atoms with Crippen molar-refractivity contribution in [1.29, 1.82) is 0 Å². The normalized spacial score (nSPS) is 19.3.